The molecule has 4 atom stereocenters. The number of para-hydroxylation sites is 1. The third-order valence-corrected chi connectivity index (χ3v) is 5.61. The summed E-state index contributed by atoms with van der Waals surface area (Å²) in [5.74, 6) is 1.53. The van der Waals surface area contributed by atoms with E-state index in [0.29, 0.717) is 23.3 Å². The molecule has 2 aromatic carbocycles. The Morgan fingerprint density at radius 1 is 1.10 bits per heavy atom. The Balaban J connectivity index is 1.46. The van der Waals surface area contributed by atoms with Gasteiger partial charge in [-0.15, -0.1) is 0 Å². The van der Waals surface area contributed by atoms with Crippen molar-refractivity contribution in [3.8, 4) is 5.75 Å². The maximum Gasteiger partial charge on any atom is 0.338 e. The first-order valence-corrected chi connectivity index (χ1v) is 10.2. The van der Waals surface area contributed by atoms with Gasteiger partial charge in [-0.1, -0.05) is 42.5 Å². The summed E-state index contributed by atoms with van der Waals surface area (Å²) in [6.07, 6.45) is 3.40. The molecule has 1 saturated heterocycles. The topological polar surface area (TPSA) is 78.9 Å². The van der Waals surface area contributed by atoms with Crippen LogP contribution in [0.25, 0.3) is 0 Å². The Bertz CT molecular complexity index is 1010. The molecule has 1 saturated carbocycles. The molecule has 31 heavy (non-hydrogen) atoms. The number of fused-ring (bicyclic) bond motifs is 1. The van der Waals surface area contributed by atoms with Crippen molar-refractivity contribution in [2.75, 3.05) is 6.61 Å². The van der Waals surface area contributed by atoms with Gasteiger partial charge in [0.1, 0.15) is 30.5 Å². The lowest BCUT2D eigenvalue weighted by atomic mass is 9.91. The molecule has 4 rings (SSSR count). The number of esters is 2. The van der Waals surface area contributed by atoms with E-state index < -0.39 is 12.1 Å². The molecule has 0 aromatic heterocycles. The van der Waals surface area contributed by atoms with Crippen molar-refractivity contribution in [1.82, 2.24) is 0 Å². The van der Waals surface area contributed by atoms with Crippen LogP contribution in [0.15, 0.2) is 78.4 Å². The lowest BCUT2D eigenvalue weighted by molar-refractivity contribution is -0.141. The number of rotatable bonds is 7. The van der Waals surface area contributed by atoms with Crippen LogP contribution < -0.4 is 4.74 Å². The number of carbonyl (C=O) groups is 2. The summed E-state index contributed by atoms with van der Waals surface area (Å²) in [6.45, 7) is 0.0642. The van der Waals surface area contributed by atoms with Crippen LogP contribution in [0.4, 0.5) is 0 Å². The molecule has 0 radical (unpaired) electrons. The molecule has 1 heterocycles. The molecule has 1 aliphatic carbocycles. The summed E-state index contributed by atoms with van der Waals surface area (Å²) in [6, 6.07) is 17.9. The number of benzene rings is 2. The highest BCUT2D eigenvalue weighted by atomic mass is 16.6. The van der Waals surface area contributed by atoms with Crippen molar-refractivity contribution >= 4 is 17.9 Å². The highest BCUT2D eigenvalue weighted by Gasteiger charge is 2.50. The number of hydrogen-bond donors (Lipinski definition) is 0. The minimum absolute atomic E-state index is 0.0642. The molecule has 0 bridgehead atoms. The molecule has 2 aliphatic rings. The highest BCUT2D eigenvalue weighted by Crippen LogP contribution is 2.43. The van der Waals surface area contributed by atoms with E-state index in [2.05, 4.69) is 0 Å². The third-order valence-electron chi connectivity index (χ3n) is 5.61. The lowest BCUT2D eigenvalue weighted by Crippen LogP contribution is -2.24. The van der Waals surface area contributed by atoms with Gasteiger partial charge in [-0.3, -0.25) is 4.79 Å². The maximum atomic E-state index is 12.5. The summed E-state index contributed by atoms with van der Waals surface area (Å²) < 4.78 is 16.8. The fraction of sp³-hybridized carbons (Fsp3) is 0.280. The van der Waals surface area contributed by atoms with E-state index in [0.717, 1.165) is 0 Å². The largest absolute Gasteiger partial charge is 0.488 e. The summed E-state index contributed by atoms with van der Waals surface area (Å²) >= 11 is 0. The number of carbonyl (C=O) groups excluding carboxylic acids is 3. The first kappa shape index (κ1) is 20.6. The Labute approximate surface area is 180 Å². The Hall–Kier alpha value is -3.63. The van der Waals surface area contributed by atoms with Crippen molar-refractivity contribution in [2.45, 2.75) is 25.0 Å². The molecule has 1 aliphatic heterocycles. The molecule has 0 unspecified atom stereocenters. The second-order valence-electron chi connectivity index (χ2n) is 7.61. The zero-order chi connectivity index (χ0) is 21.6. The van der Waals surface area contributed by atoms with E-state index in [1.165, 1.54) is 0 Å². The Kier molecular flexibility index (Phi) is 6.29. The zero-order valence-corrected chi connectivity index (χ0v) is 16.8. The monoisotopic (exact) mass is 418 g/mol. The molecule has 2 aromatic rings. The smallest absolute Gasteiger partial charge is 0.338 e. The summed E-state index contributed by atoms with van der Waals surface area (Å²) in [7, 11) is 0. The lowest BCUT2D eigenvalue weighted by Gasteiger charge is -2.20. The van der Waals surface area contributed by atoms with Crippen LogP contribution in [-0.4, -0.2) is 36.7 Å². The molecule has 2 fully saturated rings. The first-order chi connectivity index (χ1) is 15.1. The van der Waals surface area contributed by atoms with Crippen LogP contribution in [0.1, 0.15) is 23.2 Å². The van der Waals surface area contributed by atoms with Gasteiger partial charge in [0.15, 0.2) is 0 Å². The molecule has 6 nitrogen and oxygen atoms in total. The average Bonchev–Trinajstić information content (AvgIpc) is 3.30. The van der Waals surface area contributed by atoms with Crippen LogP contribution in [0.5, 0.6) is 5.75 Å². The molecule has 0 N–H and O–H groups in total. The predicted molar refractivity (Wildman–Crippen MR) is 112 cm³/mol. The molecule has 0 spiro atoms. The van der Waals surface area contributed by atoms with Crippen LogP contribution in [0, 0.1) is 11.8 Å². The summed E-state index contributed by atoms with van der Waals surface area (Å²) in [5, 5.41) is 0. The van der Waals surface area contributed by atoms with Crippen LogP contribution >= 0.6 is 0 Å². The van der Waals surface area contributed by atoms with E-state index in [9.17, 15) is 14.4 Å². The predicted octanol–water partition coefficient (Wildman–Crippen LogP) is 3.56. The Morgan fingerprint density at radius 3 is 2.52 bits per heavy atom. The number of ether oxygens (including phenoxy) is 3. The van der Waals surface area contributed by atoms with Crippen molar-refractivity contribution in [2.24, 2.45) is 11.8 Å². The first-order valence-electron chi connectivity index (χ1n) is 10.2. The van der Waals surface area contributed by atoms with Crippen molar-refractivity contribution in [3.05, 3.63) is 84.0 Å². The van der Waals surface area contributed by atoms with E-state index >= 15 is 0 Å². The van der Waals surface area contributed by atoms with E-state index in [-0.39, 0.29) is 36.9 Å². The summed E-state index contributed by atoms with van der Waals surface area (Å²) in [5.41, 5.74) is 0.787. The van der Waals surface area contributed by atoms with Crippen molar-refractivity contribution in [3.63, 3.8) is 0 Å². The third kappa shape index (κ3) is 4.93. The summed E-state index contributed by atoms with van der Waals surface area (Å²) in [4.78, 5) is 35.7. The van der Waals surface area contributed by atoms with Gasteiger partial charge in [0, 0.05) is 18.3 Å². The van der Waals surface area contributed by atoms with Gasteiger partial charge in [-0.2, -0.15) is 0 Å². The van der Waals surface area contributed by atoms with E-state index in [1.807, 2.05) is 36.3 Å². The second-order valence-corrected chi connectivity index (χ2v) is 7.61. The minimum Gasteiger partial charge on any atom is -0.488 e. The SMILES string of the molecule is O=C=C(/C=C/[C@H]1[C@@H]2CC(=O)O[C@@H]2C[C@H]1OC(=O)c1ccccc1)COc1ccccc1. The highest BCUT2D eigenvalue weighted by molar-refractivity contribution is 5.89. The minimum atomic E-state index is -0.449. The molecule has 0 amide bonds. The maximum absolute atomic E-state index is 12.5. The zero-order valence-electron chi connectivity index (χ0n) is 16.8. The normalized spacial score (nSPS) is 24.3. The average molecular weight is 418 g/mol. The van der Waals surface area contributed by atoms with Gasteiger partial charge in [-0.05, 0) is 30.3 Å². The van der Waals surface area contributed by atoms with Crippen LogP contribution in [0.3, 0.4) is 0 Å². The standard InChI is InChI=1S/C25H22O6/c26-15-17(16-29-19-9-5-2-6-10-19)11-12-20-21-13-24(27)30-23(21)14-22(20)31-25(28)18-7-3-1-4-8-18/h1-12,20-23H,13-14,16H2/b12-11+/t20-,21-,22+,23+/m0/s1. The van der Waals surface area contributed by atoms with Gasteiger partial charge in [0.2, 0.25) is 0 Å². The van der Waals surface area contributed by atoms with Gasteiger partial charge >= 0.3 is 11.9 Å². The van der Waals surface area contributed by atoms with Gasteiger partial charge in [0.05, 0.1) is 17.6 Å². The second kappa shape index (κ2) is 9.45. The van der Waals surface area contributed by atoms with Crippen molar-refractivity contribution in [1.29, 1.82) is 0 Å². The van der Waals surface area contributed by atoms with Crippen LogP contribution in [0.2, 0.25) is 0 Å². The van der Waals surface area contributed by atoms with Crippen LogP contribution in [-0.2, 0) is 19.1 Å². The Morgan fingerprint density at radius 2 is 1.81 bits per heavy atom. The molecular weight excluding hydrogens is 396 g/mol. The fourth-order valence-corrected chi connectivity index (χ4v) is 4.09. The van der Waals surface area contributed by atoms with Gasteiger partial charge in [0.25, 0.3) is 0 Å². The van der Waals surface area contributed by atoms with Gasteiger partial charge < -0.3 is 14.2 Å². The molecular formula is C25H22O6. The van der Waals surface area contributed by atoms with Crippen molar-refractivity contribution < 1.29 is 28.6 Å². The molecule has 6 heteroatoms. The molecule has 158 valence electrons. The van der Waals surface area contributed by atoms with E-state index in [1.54, 1.807) is 42.5 Å². The number of hydrogen-bond acceptors (Lipinski definition) is 6. The van der Waals surface area contributed by atoms with Gasteiger partial charge in [-0.25, -0.2) is 9.59 Å². The fourth-order valence-electron chi connectivity index (χ4n) is 4.09. The van der Waals surface area contributed by atoms with E-state index in [4.69, 9.17) is 14.2 Å². The quantitative estimate of drug-likeness (QED) is 0.389.